The van der Waals surface area contributed by atoms with Crippen molar-refractivity contribution in [1.82, 2.24) is 9.97 Å². The summed E-state index contributed by atoms with van der Waals surface area (Å²) in [6.07, 6.45) is -4.36. The molecule has 1 heterocycles. The molecule has 25 heavy (non-hydrogen) atoms. The third-order valence-electron chi connectivity index (χ3n) is 3.84. The van der Waals surface area contributed by atoms with Gasteiger partial charge in [0.25, 0.3) is 0 Å². The van der Waals surface area contributed by atoms with Crippen molar-refractivity contribution in [1.29, 1.82) is 0 Å². The molecule has 1 N–H and O–H groups in total. The summed E-state index contributed by atoms with van der Waals surface area (Å²) in [5, 5.41) is 4.01. The van der Waals surface area contributed by atoms with Crippen LogP contribution in [0.1, 0.15) is 29.9 Å². The van der Waals surface area contributed by atoms with Gasteiger partial charge in [-0.3, -0.25) is 0 Å². The van der Waals surface area contributed by atoms with Crippen molar-refractivity contribution in [2.45, 2.75) is 26.1 Å². The number of nitrogens with one attached hydrogen (secondary N) is 1. The number of benzene rings is 2. The van der Waals surface area contributed by atoms with Crippen LogP contribution in [0.15, 0.2) is 46.9 Å². The number of alkyl halides is 3. The molecule has 0 aliphatic rings. The van der Waals surface area contributed by atoms with Gasteiger partial charge in [0.1, 0.15) is 11.6 Å². The SMILES string of the molecule is Cc1nc(NC(C)c2cccc(C(F)(F)F)c2)c2cc(Br)ccc2n1. The molecule has 0 saturated carbocycles. The molecule has 0 radical (unpaired) electrons. The van der Waals surface area contributed by atoms with Crippen molar-refractivity contribution >= 4 is 32.7 Å². The fourth-order valence-electron chi connectivity index (χ4n) is 2.60. The number of anilines is 1. The average Bonchev–Trinajstić information content (AvgIpc) is 2.55. The summed E-state index contributed by atoms with van der Waals surface area (Å²) >= 11 is 3.42. The normalized spacial score (nSPS) is 13.0. The Morgan fingerprint density at radius 2 is 1.84 bits per heavy atom. The maximum Gasteiger partial charge on any atom is 0.416 e. The van der Waals surface area contributed by atoms with Gasteiger partial charge in [-0.1, -0.05) is 28.1 Å². The fraction of sp³-hybridized carbons (Fsp3) is 0.222. The summed E-state index contributed by atoms with van der Waals surface area (Å²) in [5.41, 5.74) is 0.647. The summed E-state index contributed by atoms with van der Waals surface area (Å²) in [4.78, 5) is 8.80. The van der Waals surface area contributed by atoms with E-state index in [1.165, 1.54) is 6.07 Å². The molecule has 0 amide bonds. The Labute approximate surface area is 151 Å². The molecule has 2 aromatic carbocycles. The van der Waals surface area contributed by atoms with E-state index >= 15 is 0 Å². The second-order valence-electron chi connectivity index (χ2n) is 5.77. The van der Waals surface area contributed by atoms with Crippen LogP contribution in [-0.2, 0) is 6.18 Å². The van der Waals surface area contributed by atoms with Crippen LogP contribution in [0.5, 0.6) is 0 Å². The highest BCUT2D eigenvalue weighted by atomic mass is 79.9. The Balaban J connectivity index is 1.97. The predicted molar refractivity (Wildman–Crippen MR) is 95.5 cm³/mol. The number of halogens is 4. The first-order valence-electron chi connectivity index (χ1n) is 7.61. The smallest absolute Gasteiger partial charge is 0.363 e. The molecule has 0 fully saturated rings. The van der Waals surface area contributed by atoms with Crippen LogP contribution in [0.2, 0.25) is 0 Å². The van der Waals surface area contributed by atoms with Crippen LogP contribution in [0, 0.1) is 6.92 Å². The number of hydrogen-bond donors (Lipinski definition) is 1. The van der Waals surface area contributed by atoms with Crippen LogP contribution in [-0.4, -0.2) is 9.97 Å². The van der Waals surface area contributed by atoms with Gasteiger partial charge in [-0.05, 0) is 49.7 Å². The lowest BCUT2D eigenvalue weighted by molar-refractivity contribution is -0.137. The van der Waals surface area contributed by atoms with E-state index in [9.17, 15) is 13.2 Å². The second-order valence-corrected chi connectivity index (χ2v) is 6.69. The Bertz CT molecular complexity index is 925. The monoisotopic (exact) mass is 409 g/mol. The third kappa shape index (κ3) is 3.92. The largest absolute Gasteiger partial charge is 0.416 e. The lowest BCUT2D eigenvalue weighted by Gasteiger charge is -2.18. The molecule has 3 aromatic rings. The maximum atomic E-state index is 12.9. The summed E-state index contributed by atoms with van der Waals surface area (Å²) < 4.78 is 39.6. The van der Waals surface area contributed by atoms with Crippen LogP contribution in [0.3, 0.4) is 0 Å². The molecule has 1 aromatic heterocycles. The highest BCUT2D eigenvalue weighted by Crippen LogP contribution is 2.32. The van der Waals surface area contributed by atoms with Gasteiger partial charge in [-0.2, -0.15) is 13.2 Å². The van der Waals surface area contributed by atoms with E-state index in [0.29, 0.717) is 17.2 Å². The number of aryl methyl sites for hydroxylation is 1. The number of rotatable bonds is 3. The third-order valence-corrected chi connectivity index (χ3v) is 4.33. The molecule has 7 heteroatoms. The van der Waals surface area contributed by atoms with Crippen LogP contribution in [0.25, 0.3) is 10.9 Å². The van der Waals surface area contributed by atoms with Gasteiger partial charge in [-0.25, -0.2) is 9.97 Å². The minimum Gasteiger partial charge on any atom is -0.363 e. The maximum absolute atomic E-state index is 12.9. The van der Waals surface area contributed by atoms with E-state index < -0.39 is 11.7 Å². The van der Waals surface area contributed by atoms with Crippen molar-refractivity contribution in [3.63, 3.8) is 0 Å². The van der Waals surface area contributed by atoms with E-state index in [2.05, 4.69) is 31.2 Å². The van der Waals surface area contributed by atoms with Crippen molar-refractivity contribution in [2.24, 2.45) is 0 Å². The Kier molecular flexibility index (Phi) is 4.69. The van der Waals surface area contributed by atoms with E-state index in [4.69, 9.17) is 0 Å². The molecular formula is C18H15BrF3N3. The topological polar surface area (TPSA) is 37.8 Å². The summed E-state index contributed by atoms with van der Waals surface area (Å²) in [5.74, 6) is 1.18. The van der Waals surface area contributed by atoms with Gasteiger partial charge in [0.2, 0.25) is 0 Å². The molecule has 3 nitrogen and oxygen atoms in total. The summed E-state index contributed by atoms with van der Waals surface area (Å²) in [6, 6.07) is 10.6. The highest BCUT2D eigenvalue weighted by molar-refractivity contribution is 9.10. The first-order valence-corrected chi connectivity index (χ1v) is 8.41. The molecule has 130 valence electrons. The molecular weight excluding hydrogens is 395 g/mol. The number of aromatic nitrogens is 2. The van der Waals surface area contributed by atoms with Gasteiger partial charge in [-0.15, -0.1) is 0 Å². The molecule has 3 rings (SSSR count). The van der Waals surface area contributed by atoms with Crippen LogP contribution >= 0.6 is 15.9 Å². The second kappa shape index (κ2) is 6.63. The molecule has 0 bridgehead atoms. The minimum atomic E-state index is -4.36. The van der Waals surface area contributed by atoms with Crippen LogP contribution in [0.4, 0.5) is 19.0 Å². The van der Waals surface area contributed by atoms with E-state index in [1.807, 2.05) is 18.2 Å². The molecule has 0 saturated heterocycles. The van der Waals surface area contributed by atoms with Gasteiger partial charge in [0.15, 0.2) is 0 Å². The molecule has 0 aliphatic heterocycles. The fourth-order valence-corrected chi connectivity index (χ4v) is 2.96. The molecule has 0 aliphatic carbocycles. The highest BCUT2D eigenvalue weighted by Gasteiger charge is 2.30. The van der Waals surface area contributed by atoms with Crippen molar-refractivity contribution in [2.75, 3.05) is 5.32 Å². The molecule has 1 atom stereocenters. The van der Waals surface area contributed by atoms with E-state index in [-0.39, 0.29) is 6.04 Å². The van der Waals surface area contributed by atoms with Crippen molar-refractivity contribution < 1.29 is 13.2 Å². The summed E-state index contributed by atoms with van der Waals surface area (Å²) in [6.45, 7) is 3.58. The average molecular weight is 410 g/mol. The van der Waals surface area contributed by atoms with E-state index in [1.54, 1.807) is 19.9 Å². The Hall–Kier alpha value is -2.15. The lowest BCUT2D eigenvalue weighted by Crippen LogP contribution is -2.11. The molecule has 0 spiro atoms. The summed E-state index contributed by atoms with van der Waals surface area (Å²) in [7, 11) is 0. The Morgan fingerprint density at radius 1 is 1.08 bits per heavy atom. The standard InChI is InChI=1S/C18H15BrF3N3/c1-10(12-4-3-5-13(8-12)18(20,21)22)23-17-15-9-14(19)6-7-16(15)24-11(2)25-17/h3-10H,1-2H3,(H,23,24,25). The quantitative estimate of drug-likeness (QED) is 0.585. The molecule has 1 unspecified atom stereocenters. The zero-order valence-electron chi connectivity index (χ0n) is 13.5. The van der Waals surface area contributed by atoms with Crippen molar-refractivity contribution in [3.05, 3.63) is 63.9 Å². The van der Waals surface area contributed by atoms with Gasteiger partial charge in [0, 0.05) is 15.9 Å². The first-order chi connectivity index (χ1) is 11.7. The first kappa shape index (κ1) is 17.7. The zero-order valence-corrected chi connectivity index (χ0v) is 15.1. The zero-order chi connectivity index (χ0) is 18.2. The Morgan fingerprint density at radius 3 is 2.56 bits per heavy atom. The van der Waals surface area contributed by atoms with Gasteiger partial charge < -0.3 is 5.32 Å². The minimum absolute atomic E-state index is 0.348. The number of hydrogen-bond acceptors (Lipinski definition) is 3. The number of nitrogens with zero attached hydrogens (tertiary/aromatic N) is 2. The van der Waals surface area contributed by atoms with Crippen LogP contribution < -0.4 is 5.32 Å². The van der Waals surface area contributed by atoms with Gasteiger partial charge in [0.05, 0.1) is 11.1 Å². The predicted octanol–water partition coefficient (Wildman–Crippen LogP) is 5.89. The number of fused-ring (bicyclic) bond motifs is 1. The lowest BCUT2D eigenvalue weighted by atomic mass is 10.0. The van der Waals surface area contributed by atoms with Crippen molar-refractivity contribution in [3.8, 4) is 0 Å². The van der Waals surface area contributed by atoms with E-state index in [0.717, 1.165) is 27.5 Å². The van der Waals surface area contributed by atoms with Gasteiger partial charge >= 0.3 is 6.18 Å².